The summed E-state index contributed by atoms with van der Waals surface area (Å²) in [6, 6.07) is 0. The second-order valence-corrected chi connectivity index (χ2v) is 3.13. The molecule has 0 fully saturated rings. The molecule has 0 radical (unpaired) electrons. The summed E-state index contributed by atoms with van der Waals surface area (Å²) in [7, 11) is 0. The van der Waals surface area contributed by atoms with Crippen LogP contribution >= 0.6 is 0 Å². The average molecular weight is 169 g/mol. The van der Waals surface area contributed by atoms with Crippen LogP contribution in [0.5, 0.6) is 0 Å². The first-order chi connectivity index (χ1) is 5.93. The van der Waals surface area contributed by atoms with Gasteiger partial charge in [-0.05, 0) is 32.5 Å². The van der Waals surface area contributed by atoms with Crippen molar-refractivity contribution in [3.05, 3.63) is 0 Å². The molecule has 1 rings (SSSR count). The van der Waals surface area contributed by atoms with E-state index >= 15 is 0 Å². The predicted octanol–water partition coefficient (Wildman–Crippen LogP) is 0.720. The van der Waals surface area contributed by atoms with Crippen molar-refractivity contribution < 1.29 is 0 Å². The molecule has 12 heavy (non-hydrogen) atoms. The maximum absolute atomic E-state index is 4.24. The smallest absolute Gasteiger partial charge is 0.0823 e. The van der Waals surface area contributed by atoms with Gasteiger partial charge in [0.25, 0.3) is 0 Å². The second kappa shape index (κ2) is 6.00. The van der Waals surface area contributed by atoms with Crippen LogP contribution in [0, 0.1) is 0 Å². The minimum absolute atomic E-state index is 0.962. The molecule has 0 aromatic heterocycles. The summed E-state index contributed by atoms with van der Waals surface area (Å²) < 4.78 is 0. The lowest BCUT2D eigenvalue weighted by Gasteiger charge is -2.20. The van der Waals surface area contributed by atoms with Gasteiger partial charge in [0.05, 0.1) is 6.34 Å². The van der Waals surface area contributed by atoms with Crippen LogP contribution in [0.2, 0.25) is 0 Å². The Bertz CT molecular complexity index is 134. The van der Waals surface area contributed by atoms with Gasteiger partial charge >= 0.3 is 0 Å². The summed E-state index contributed by atoms with van der Waals surface area (Å²) in [5, 5.41) is 3.18. The lowest BCUT2D eigenvalue weighted by atomic mass is 10.3. The van der Waals surface area contributed by atoms with Crippen LogP contribution in [0.4, 0.5) is 0 Å². The van der Waals surface area contributed by atoms with E-state index in [4.69, 9.17) is 0 Å². The first kappa shape index (κ1) is 9.52. The van der Waals surface area contributed by atoms with Crippen molar-refractivity contribution in [2.24, 2.45) is 4.99 Å². The Morgan fingerprint density at radius 2 is 2.25 bits per heavy atom. The molecule has 0 aromatic rings. The van der Waals surface area contributed by atoms with E-state index in [1.54, 1.807) is 0 Å². The molecule has 3 nitrogen and oxygen atoms in total. The van der Waals surface area contributed by atoms with E-state index in [0.717, 1.165) is 13.1 Å². The molecule has 0 atom stereocenters. The summed E-state index contributed by atoms with van der Waals surface area (Å²) in [4.78, 5) is 6.73. The van der Waals surface area contributed by atoms with Gasteiger partial charge < -0.3 is 10.2 Å². The molecule has 0 amide bonds. The monoisotopic (exact) mass is 169 g/mol. The van der Waals surface area contributed by atoms with E-state index in [9.17, 15) is 0 Å². The molecular weight excluding hydrogens is 150 g/mol. The van der Waals surface area contributed by atoms with Crippen molar-refractivity contribution in [2.45, 2.75) is 19.8 Å². The fraction of sp³-hybridized carbons (Fsp3) is 0.889. The Balaban J connectivity index is 2.26. The van der Waals surface area contributed by atoms with Gasteiger partial charge in [-0.3, -0.25) is 4.99 Å². The molecule has 0 unspecified atom stereocenters. The van der Waals surface area contributed by atoms with Crippen molar-refractivity contribution in [3.8, 4) is 0 Å². The molecule has 0 aromatic carbocycles. The number of aliphatic imine (C=N–C) groups is 1. The summed E-state index contributed by atoms with van der Waals surface area (Å²) in [6.45, 7) is 7.83. The molecule has 0 aliphatic carbocycles. The maximum atomic E-state index is 4.24. The molecule has 0 bridgehead atoms. The lowest BCUT2D eigenvalue weighted by molar-refractivity contribution is 0.282. The minimum Gasteiger partial charge on any atom is -0.376 e. The van der Waals surface area contributed by atoms with Crippen molar-refractivity contribution in [1.29, 1.82) is 0 Å². The van der Waals surface area contributed by atoms with Gasteiger partial charge in [-0.15, -0.1) is 0 Å². The minimum atomic E-state index is 0.962. The summed E-state index contributed by atoms with van der Waals surface area (Å²) in [5.74, 6) is 0. The van der Waals surface area contributed by atoms with E-state index in [0.29, 0.717) is 0 Å². The van der Waals surface area contributed by atoms with Crippen molar-refractivity contribution in [2.75, 3.05) is 32.7 Å². The topological polar surface area (TPSA) is 27.6 Å². The molecule has 1 heterocycles. The molecule has 0 saturated heterocycles. The fourth-order valence-corrected chi connectivity index (χ4v) is 1.41. The van der Waals surface area contributed by atoms with Gasteiger partial charge in [0, 0.05) is 13.1 Å². The van der Waals surface area contributed by atoms with E-state index in [2.05, 4.69) is 22.1 Å². The zero-order chi connectivity index (χ0) is 8.65. The molecule has 3 heteroatoms. The quantitative estimate of drug-likeness (QED) is 0.626. The average Bonchev–Trinajstić information content (AvgIpc) is 2.14. The van der Waals surface area contributed by atoms with Crippen molar-refractivity contribution in [1.82, 2.24) is 10.2 Å². The predicted molar refractivity (Wildman–Crippen MR) is 52.7 cm³/mol. The molecular formula is C9H19N3. The van der Waals surface area contributed by atoms with Crippen LogP contribution in [-0.4, -0.2) is 44.0 Å². The van der Waals surface area contributed by atoms with Crippen molar-refractivity contribution in [3.63, 3.8) is 0 Å². The molecule has 1 aliphatic heterocycles. The molecule has 1 aliphatic rings. The first-order valence-electron chi connectivity index (χ1n) is 4.87. The highest BCUT2D eigenvalue weighted by atomic mass is 15.1. The maximum Gasteiger partial charge on any atom is 0.0823 e. The van der Waals surface area contributed by atoms with Gasteiger partial charge in [-0.1, -0.05) is 6.92 Å². The third-order valence-electron chi connectivity index (χ3n) is 2.19. The normalized spacial score (nSPS) is 21.8. The Morgan fingerprint density at radius 3 is 3.08 bits per heavy atom. The zero-order valence-corrected chi connectivity index (χ0v) is 7.92. The highest BCUT2D eigenvalue weighted by Crippen LogP contribution is 1.94. The van der Waals surface area contributed by atoms with Gasteiger partial charge in [-0.2, -0.15) is 0 Å². The largest absolute Gasteiger partial charge is 0.376 e. The lowest BCUT2D eigenvalue weighted by Crippen LogP contribution is -2.29. The zero-order valence-electron chi connectivity index (χ0n) is 7.92. The third kappa shape index (κ3) is 3.72. The van der Waals surface area contributed by atoms with Crippen LogP contribution in [-0.2, 0) is 0 Å². The first-order valence-corrected chi connectivity index (χ1v) is 4.87. The van der Waals surface area contributed by atoms with Gasteiger partial charge in [0.1, 0.15) is 0 Å². The van der Waals surface area contributed by atoms with E-state index < -0.39 is 0 Å². The Hall–Kier alpha value is -0.570. The standard InChI is InChI=1S/C9H19N3/c1-2-12-7-3-5-10-9-11-6-4-8-12/h9H,2-8H2,1H3,(H,10,11). The van der Waals surface area contributed by atoms with E-state index in [-0.39, 0.29) is 0 Å². The fourth-order valence-electron chi connectivity index (χ4n) is 1.41. The SMILES string of the molecule is CCN1CCCN=CNCCC1. The summed E-state index contributed by atoms with van der Waals surface area (Å²) in [5.41, 5.74) is 0. The highest BCUT2D eigenvalue weighted by Gasteiger charge is 2.01. The number of rotatable bonds is 1. The Labute approximate surface area is 74.9 Å². The molecule has 1 N–H and O–H groups in total. The Morgan fingerprint density at radius 1 is 1.42 bits per heavy atom. The highest BCUT2D eigenvalue weighted by molar-refractivity contribution is 5.53. The summed E-state index contributed by atoms with van der Waals surface area (Å²) >= 11 is 0. The Kier molecular flexibility index (Phi) is 4.76. The van der Waals surface area contributed by atoms with Crippen LogP contribution < -0.4 is 5.32 Å². The van der Waals surface area contributed by atoms with E-state index in [1.807, 2.05) is 6.34 Å². The van der Waals surface area contributed by atoms with E-state index in [1.165, 1.54) is 32.5 Å². The number of hydrogen-bond acceptors (Lipinski definition) is 3. The van der Waals surface area contributed by atoms with Crippen LogP contribution in [0.3, 0.4) is 0 Å². The second-order valence-electron chi connectivity index (χ2n) is 3.13. The van der Waals surface area contributed by atoms with Gasteiger partial charge in [-0.25, -0.2) is 0 Å². The third-order valence-corrected chi connectivity index (χ3v) is 2.19. The van der Waals surface area contributed by atoms with Crippen LogP contribution in [0.15, 0.2) is 4.99 Å². The van der Waals surface area contributed by atoms with Crippen molar-refractivity contribution >= 4 is 6.34 Å². The summed E-state index contributed by atoms with van der Waals surface area (Å²) in [6.07, 6.45) is 4.26. The van der Waals surface area contributed by atoms with Gasteiger partial charge in [0.2, 0.25) is 0 Å². The van der Waals surface area contributed by atoms with Crippen LogP contribution in [0.1, 0.15) is 19.8 Å². The van der Waals surface area contributed by atoms with Gasteiger partial charge in [0.15, 0.2) is 0 Å². The number of nitrogens with one attached hydrogen (secondary N) is 1. The molecule has 0 saturated carbocycles. The molecule has 70 valence electrons. The molecule has 0 spiro atoms. The van der Waals surface area contributed by atoms with Crippen LogP contribution in [0.25, 0.3) is 0 Å². The number of hydrogen-bond donors (Lipinski definition) is 1. The number of nitrogens with zero attached hydrogens (tertiary/aromatic N) is 2.